The highest BCUT2D eigenvalue weighted by molar-refractivity contribution is 5.51. The van der Waals surface area contributed by atoms with E-state index in [2.05, 4.69) is 15.0 Å². The Bertz CT molecular complexity index is 722. The monoisotopic (exact) mass is 299 g/mol. The number of nitrogens with zero attached hydrogens (tertiary/aromatic N) is 3. The largest absolute Gasteiger partial charge is 0.496 e. The highest BCUT2D eigenvalue weighted by Gasteiger charge is 2.13. The molecular weight excluding hydrogens is 282 g/mol. The van der Waals surface area contributed by atoms with Crippen LogP contribution in [0.3, 0.4) is 0 Å². The van der Waals surface area contributed by atoms with E-state index in [-0.39, 0.29) is 0 Å². The molecule has 0 saturated carbocycles. The van der Waals surface area contributed by atoms with E-state index in [0.717, 1.165) is 23.4 Å². The van der Waals surface area contributed by atoms with Gasteiger partial charge in [-0.05, 0) is 19.2 Å². The van der Waals surface area contributed by atoms with Crippen molar-refractivity contribution in [3.8, 4) is 17.1 Å². The van der Waals surface area contributed by atoms with Gasteiger partial charge in [-0.15, -0.1) is 0 Å². The van der Waals surface area contributed by atoms with Crippen molar-refractivity contribution >= 4 is 0 Å². The molecule has 0 saturated heterocycles. The van der Waals surface area contributed by atoms with Crippen LogP contribution in [0.25, 0.3) is 11.4 Å². The summed E-state index contributed by atoms with van der Waals surface area (Å²) >= 11 is 0. The van der Waals surface area contributed by atoms with Crippen molar-refractivity contribution in [2.24, 2.45) is 0 Å². The number of ether oxygens (including phenoxy) is 1. The topological polar surface area (TPSA) is 64.5 Å². The number of methoxy groups -OCH3 is 1. The predicted octanol–water partition coefficient (Wildman–Crippen LogP) is 2.97. The molecule has 0 aliphatic rings. The SMILES string of the molecule is COc1ccccc1CN(C)Cc1nc(-c2ccoc2)no1. The van der Waals surface area contributed by atoms with Gasteiger partial charge in [-0.25, -0.2) is 0 Å². The summed E-state index contributed by atoms with van der Waals surface area (Å²) < 4.78 is 15.7. The number of benzene rings is 1. The minimum absolute atomic E-state index is 0.537. The van der Waals surface area contributed by atoms with Gasteiger partial charge in [0.25, 0.3) is 0 Å². The number of hydrogen-bond acceptors (Lipinski definition) is 6. The van der Waals surface area contributed by atoms with Crippen molar-refractivity contribution in [3.63, 3.8) is 0 Å². The molecular formula is C16H17N3O3. The average Bonchev–Trinajstić information content (AvgIpc) is 3.18. The zero-order valence-electron chi connectivity index (χ0n) is 12.5. The fourth-order valence-electron chi connectivity index (χ4n) is 2.24. The van der Waals surface area contributed by atoms with E-state index in [0.29, 0.717) is 18.3 Å². The smallest absolute Gasteiger partial charge is 0.241 e. The van der Waals surface area contributed by atoms with Gasteiger partial charge in [-0.2, -0.15) is 4.98 Å². The normalized spacial score (nSPS) is 11.0. The van der Waals surface area contributed by atoms with Gasteiger partial charge in [0.15, 0.2) is 0 Å². The zero-order valence-corrected chi connectivity index (χ0v) is 12.5. The molecule has 1 aromatic carbocycles. The summed E-state index contributed by atoms with van der Waals surface area (Å²) in [6, 6.07) is 9.74. The lowest BCUT2D eigenvalue weighted by Gasteiger charge is -2.16. The molecule has 0 fully saturated rings. The number of aromatic nitrogens is 2. The van der Waals surface area contributed by atoms with Crippen molar-refractivity contribution in [1.82, 2.24) is 15.0 Å². The summed E-state index contributed by atoms with van der Waals surface area (Å²) in [5.41, 5.74) is 1.92. The van der Waals surface area contributed by atoms with Gasteiger partial charge in [-0.1, -0.05) is 23.4 Å². The van der Waals surface area contributed by atoms with Gasteiger partial charge >= 0.3 is 0 Å². The molecule has 0 N–H and O–H groups in total. The van der Waals surface area contributed by atoms with E-state index in [1.807, 2.05) is 31.3 Å². The molecule has 0 unspecified atom stereocenters. The Morgan fingerprint density at radius 3 is 2.82 bits per heavy atom. The lowest BCUT2D eigenvalue weighted by atomic mass is 10.2. The van der Waals surface area contributed by atoms with Crippen LogP contribution in [0.15, 0.2) is 51.8 Å². The molecule has 0 bridgehead atoms. The van der Waals surface area contributed by atoms with Crippen LogP contribution in [0.4, 0.5) is 0 Å². The maximum atomic E-state index is 5.36. The number of rotatable bonds is 6. The van der Waals surface area contributed by atoms with Crippen LogP contribution < -0.4 is 4.74 Å². The fourth-order valence-corrected chi connectivity index (χ4v) is 2.24. The molecule has 2 heterocycles. The predicted molar refractivity (Wildman–Crippen MR) is 80.2 cm³/mol. The van der Waals surface area contributed by atoms with E-state index in [4.69, 9.17) is 13.7 Å². The van der Waals surface area contributed by atoms with Gasteiger partial charge in [0.05, 0.1) is 25.5 Å². The molecule has 22 heavy (non-hydrogen) atoms. The molecule has 0 aliphatic carbocycles. The standard InChI is InChI=1S/C16H17N3O3/c1-19(9-12-5-3-4-6-14(12)20-2)10-15-17-16(18-22-15)13-7-8-21-11-13/h3-8,11H,9-10H2,1-2H3. The van der Waals surface area contributed by atoms with Crippen molar-refractivity contribution in [2.75, 3.05) is 14.2 Å². The third kappa shape index (κ3) is 3.17. The maximum absolute atomic E-state index is 5.36. The van der Waals surface area contributed by atoms with E-state index >= 15 is 0 Å². The van der Waals surface area contributed by atoms with Gasteiger partial charge in [-0.3, -0.25) is 4.90 Å². The first-order chi connectivity index (χ1) is 10.8. The van der Waals surface area contributed by atoms with Crippen molar-refractivity contribution in [2.45, 2.75) is 13.1 Å². The molecule has 0 atom stereocenters. The Balaban J connectivity index is 1.66. The van der Waals surface area contributed by atoms with Gasteiger partial charge in [0, 0.05) is 12.1 Å². The molecule has 2 aromatic heterocycles. The lowest BCUT2D eigenvalue weighted by molar-refractivity contribution is 0.257. The average molecular weight is 299 g/mol. The molecule has 6 nitrogen and oxygen atoms in total. The Morgan fingerprint density at radius 2 is 2.05 bits per heavy atom. The van der Waals surface area contributed by atoms with Gasteiger partial charge in [0.1, 0.15) is 12.0 Å². The van der Waals surface area contributed by atoms with Gasteiger partial charge in [0.2, 0.25) is 11.7 Å². The zero-order chi connectivity index (χ0) is 15.4. The number of hydrogen-bond donors (Lipinski definition) is 0. The molecule has 6 heteroatoms. The molecule has 0 radical (unpaired) electrons. The molecule has 3 aromatic rings. The molecule has 0 spiro atoms. The first-order valence-electron chi connectivity index (χ1n) is 6.92. The Kier molecular flexibility index (Phi) is 4.20. The van der Waals surface area contributed by atoms with Crippen LogP contribution in [-0.2, 0) is 13.1 Å². The minimum Gasteiger partial charge on any atom is -0.496 e. The Labute approximate surface area is 128 Å². The summed E-state index contributed by atoms with van der Waals surface area (Å²) in [5, 5.41) is 3.96. The lowest BCUT2D eigenvalue weighted by Crippen LogP contribution is -2.17. The maximum Gasteiger partial charge on any atom is 0.241 e. The third-order valence-electron chi connectivity index (χ3n) is 3.29. The summed E-state index contributed by atoms with van der Waals surface area (Å²) in [4.78, 5) is 6.45. The molecule has 0 amide bonds. The van der Waals surface area contributed by atoms with Crippen molar-refractivity contribution in [1.29, 1.82) is 0 Å². The first-order valence-corrected chi connectivity index (χ1v) is 6.92. The third-order valence-corrected chi connectivity index (χ3v) is 3.29. The van der Waals surface area contributed by atoms with Crippen molar-refractivity contribution < 1.29 is 13.7 Å². The molecule has 114 valence electrons. The second-order valence-electron chi connectivity index (χ2n) is 5.01. The second-order valence-corrected chi connectivity index (χ2v) is 5.01. The fraction of sp³-hybridized carbons (Fsp3) is 0.250. The minimum atomic E-state index is 0.537. The second kappa shape index (κ2) is 6.44. The van der Waals surface area contributed by atoms with Crippen LogP contribution in [0.5, 0.6) is 5.75 Å². The van der Waals surface area contributed by atoms with E-state index in [9.17, 15) is 0 Å². The van der Waals surface area contributed by atoms with E-state index in [1.54, 1.807) is 25.7 Å². The summed E-state index contributed by atoms with van der Waals surface area (Å²) in [5.74, 6) is 1.97. The number of furan rings is 1. The van der Waals surface area contributed by atoms with Crippen LogP contribution in [0, 0.1) is 0 Å². The van der Waals surface area contributed by atoms with Crippen LogP contribution in [-0.4, -0.2) is 29.2 Å². The Hall–Kier alpha value is -2.60. The molecule has 0 aliphatic heterocycles. The van der Waals surface area contributed by atoms with E-state index in [1.165, 1.54) is 0 Å². The summed E-state index contributed by atoms with van der Waals surface area (Å²) in [6.07, 6.45) is 3.17. The highest BCUT2D eigenvalue weighted by atomic mass is 16.5. The van der Waals surface area contributed by atoms with Crippen LogP contribution >= 0.6 is 0 Å². The first kappa shape index (κ1) is 14.3. The van der Waals surface area contributed by atoms with E-state index < -0.39 is 0 Å². The Morgan fingerprint density at radius 1 is 1.18 bits per heavy atom. The summed E-state index contributed by atoms with van der Waals surface area (Å²) in [7, 11) is 3.67. The number of para-hydroxylation sites is 1. The van der Waals surface area contributed by atoms with Crippen LogP contribution in [0.1, 0.15) is 11.5 Å². The van der Waals surface area contributed by atoms with Gasteiger partial charge < -0.3 is 13.7 Å². The summed E-state index contributed by atoms with van der Waals surface area (Å²) in [6.45, 7) is 1.29. The quantitative estimate of drug-likeness (QED) is 0.697. The van der Waals surface area contributed by atoms with Crippen molar-refractivity contribution in [3.05, 3.63) is 54.3 Å². The highest BCUT2D eigenvalue weighted by Crippen LogP contribution is 2.20. The molecule has 3 rings (SSSR count). The van der Waals surface area contributed by atoms with Crippen LogP contribution in [0.2, 0.25) is 0 Å².